The molecule has 1 rings (SSSR count). The number of hydrogen-bond acceptors (Lipinski definition) is 3. The molecule has 0 unspecified atom stereocenters. The van der Waals surface area contributed by atoms with Crippen LogP contribution in [-0.4, -0.2) is 32.8 Å². The van der Waals surface area contributed by atoms with Crippen molar-refractivity contribution in [1.82, 2.24) is 5.32 Å². The number of methoxy groups -OCH3 is 1. The molecule has 0 heterocycles. The Balaban J connectivity index is 2.56. The lowest BCUT2D eigenvalue weighted by atomic mass is 10.2. The van der Waals surface area contributed by atoms with Gasteiger partial charge in [-0.05, 0) is 12.1 Å². The van der Waals surface area contributed by atoms with E-state index in [1.54, 1.807) is 0 Å². The van der Waals surface area contributed by atoms with Crippen LogP contribution >= 0.6 is 0 Å². The summed E-state index contributed by atoms with van der Waals surface area (Å²) in [6.45, 7) is 0.126. The third-order valence-corrected chi connectivity index (χ3v) is 2.18. The standard InChI is InChI=1S/C12H14F3NO3/c1-18-7-6-16-11(17)8-19-10-5-3-2-4-9(10)12(13,14)15/h2-5H,6-8H2,1H3,(H,16,17). The molecule has 7 heteroatoms. The van der Waals surface area contributed by atoms with Gasteiger partial charge in [0.25, 0.3) is 5.91 Å². The summed E-state index contributed by atoms with van der Waals surface area (Å²) < 4.78 is 47.5. The molecular weight excluding hydrogens is 263 g/mol. The fraction of sp³-hybridized carbons (Fsp3) is 0.417. The second kappa shape index (κ2) is 6.98. The lowest BCUT2D eigenvalue weighted by Crippen LogP contribution is -2.31. The van der Waals surface area contributed by atoms with Crippen LogP contribution in [0.4, 0.5) is 13.2 Å². The van der Waals surface area contributed by atoms with Crippen molar-refractivity contribution in [1.29, 1.82) is 0 Å². The van der Waals surface area contributed by atoms with Gasteiger partial charge in [-0.25, -0.2) is 0 Å². The van der Waals surface area contributed by atoms with E-state index in [2.05, 4.69) is 5.32 Å². The Bertz CT molecular complexity index is 421. The summed E-state index contributed by atoms with van der Waals surface area (Å²) in [6.07, 6.45) is -4.51. The van der Waals surface area contributed by atoms with Gasteiger partial charge in [-0.1, -0.05) is 12.1 Å². The van der Waals surface area contributed by atoms with Crippen molar-refractivity contribution in [2.45, 2.75) is 6.18 Å². The van der Waals surface area contributed by atoms with Gasteiger partial charge >= 0.3 is 6.18 Å². The number of amides is 1. The van der Waals surface area contributed by atoms with Crippen LogP contribution in [-0.2, 0) is 15.7 Å². The highest BCUT2D eigenvalue weighted by Crippen LogP contribution is 2.35. The predicted octanol–water partition coefficient (Wildman–Crippen LogP) is 1.85. The molecule has 0 saturated carbocycles. The number of carbonyl (C=O) groups excluding carboxylic acids is 1. The predicted molar refractivity (Wildman–Crippen MR) is 61.8 cm³/mol. The average molecular weight is 277 g/mol. The van der Waals surface area contributed by atoms with Gasteiger partial charge < -0.3 is 14.8 Å². The zero-order valence-corrected chi connectivity index (χ0v) is 10.3. The molecule has 0 aliphatic heterocycles. The topological polar surface area (TPSA) is 47.6 Å². The van der Waals surface area contributed by atoms with Gasteiger partial charge in [0, 0.05) is 13.7 Å². The summed E-state index contributed by atoms with van der Waals surface area (Å²) in [5, 5.41) is 2.44. The molecule has 1 amide bonds. The molecule has 0 atom stereocenters. The number of halogens is 3. The Morgan fingerprint density at radius 2 is 2.00 bits per heavy atom. The minimum absolute atomic E-state index is 0.277. The highest BCUT2D eigenvalue weighted by atomic mass is 19.4. The second-order valence-electron chi connectivity index (χ2n) is 3.63. The Hall–Kier alpha value is -1.76. The normalized spacial score (nSPS) is 11.2. The monoisotopic (exact) mass is 277 g/mol. The SMILES string of the molecule is COCCNC(=O)COc1ccccc1C(F)(F)F. The van der Waals surface area contributed by atoms with Crippen molar-refractivity contribution in [2.24, 2.45) is 0 Å². The summed E-state index contributed by atoms with van der Waals surface area (Å²) in [5.41, 5.74) is -0.903. The summed E-state index contributed by atoms with van der Waals surface area (Å²) in [7, 11) is 1.47. The Labute approximate surface area is 108 Å². The second-order valence-corrected chi connectivity index (χ2v) is 3.63. The third kappa shape index (κ3) is 5.17. The number of hydrogen-bond donors (Lipinski definition) is 1. The average Bonchev–Trinajstić information content (AvgIpc) is 2.36. The van der Waals surface area contributed by atoms with Crippen LogP contribution in [0.1, 0.15) is 5.56 Å². The van der Waals surface area contributed by atoms with Crippen LogP contribution in [0, 0.1) is 0 Å². The largest absolute Gasteiger partial charge is 0.483 e. The maximum Gasteiger partial charge on any atom is 0.419 e. The molecule has 0 radical (unpaired) electrons. The van der Waals surface area contributed by atoms with Crippen LogP contribution in [0.15, 0.2) is 24.3 Å². The molecule has 0 spiro atoms. The molecule has 0 aliphatic carbocycles. The van der Waals surface area contributed by atoms with Gasteiger partial charge in [-0.2, -0.15) is 13.2 Å². The number of rotatable bonds is 6. The molecular formula is C12H14F3NO3. The lowest BCUT2D eigenvalue weighted by Gasteiger charge is -2.13. The Morgan fingerprint density at radius 3 is 2.63 bits per heavy atom. The molecule has 0 saturated heterocycles. The first-order valence-corrected chi connectivity index (χ1v) is 5.50. The number of ether oxygens (including phenoxy) is 2. The van der Waals surface area contributed by atoms with E-state index in [-0.39, 0.29) is 12.3 Å². The molecule has 1 N–H and O–H groups in total. The molecule has 19 heavy (non-hydrogen) atoms. The van der Waals surface area contributed by atoms with Crippen molar-refractivity contribution in [3.05, 3.63) is 29.8 Å². The van der Waals surface area contributed by atoms with Gasteiger partial charge in [-0.3, -0.25) is 4.79 Å². The maximum absolute atomic E-state index is 12.6. The van der Waals surface area contributed by atoms with Crippen LogP contribution in [0.2, 0.25) is 0 Å². The van der Waals surface area contributed by atoms with Gasteiger partial charge in [-0.15, -0.1) is 0 Å². The first-order chi connectivity index (χ1) is 8.95. The molecule has 0 aliphatic rings. The van der Waals surface area contributed by atoms with Crippen molar-refractivity contribution in [2.75, 3.05) is 26.9 Å². The first-order valence-electron chi connectivity index (χ1n) is 5.50. The van der Waals surface area contributed by atoms with Gasteiger partial charge in [0.05, 0.1) is 12.2 Å². The van der Waals surface area contributed by atoms with Crippen molar-refractivity contribution in [3.8, 4) is 5.75 Å². The van der Waals surface area contributed by atoms with Crippen LogP contribution < -0.4 is 10.1 Å². The highest BCUT2D eigenvalue weighted by molar-refractivity contribution is 5.77. The van der Waals surface area contributed by atoms with Crippen molar-refractivity contribution in [3.63, 3.8) is 0 Å². The van der Waals surface area contributed by atoms with Crippen molar-refractivity contribution >= 4 is 5.91 Å². The van der Waals surface area contributed by atoms with E-state index in [1.165, 1.54) is 25.3 Å². The third-order valence-electron chi connectivity index (χ3n) is 2.18. The number of benzene rings is 1. The van der Waals surface area contributed by atoms with E-state index in [4.69, 9.17) is 9.47 Å². The summed E-state index contributed by atoms with van der Waals surface area (Å²) in [5.74, 6) is -0.870. The number of para-hydroxylation sites is 1. The minimum atomic E-state index is -4.51. The van der Waals surface area contributed by atoms with Gasteiger partial charge in [0.15, 0.2) is 6.61 Å². The van der Waals surface area contributed by atoms with E-state index < -0.39 is 24.3 Å². The van der Waals surface area contributed by atoms with E-state index in [1.807, 2.05) is 0 Å². The first kappa shape index (κ1) is 15.3. The van der Waals surface area contributed by atoms with Crippen LogP contribution in [0.5, 0.6) is 5.75 Å². The smallest absolute Gasteiger partial charge is 0.419 e. The van der Waals surface area contributed by atoms with E-state index >= 15 is 0 Å². The molecule has 0 bridgehead atoms. The zero-order chi connectivity index (χ0) is 14.3. The number of alkyl halides is 3. The zero-order valence-electron chi connectivity index (χ0n) is 10.3. The summed E-state index contributed by atoms with van der Waals surface area (Å²) in [6, 6.07) is 4.74. The summed E-state index contributed by atoms with van der Waals surface area (Å²) in [4.78, 5) is 11.3. The van der Waals surface area contributed by atoms with Crippen LogP contribution in [0.3, 0.4) is 0 Å². The molecule has 4 nitrogen and oxygen atoms in total. The molecule has 1 aromatic carbocycles. The fourth-order valence-corrected chi connectivity index (χ4v) is 1.31. The molecule has 1 aromatic rings. The van der Waals surface area contributed by atoms with Gasteiger partial charge in [0.2, 0.25) is 0 Å². The minimum Gasteiger partial charge on any atom is -0.483 e. The number of nitrogens with one attached hydrogen (secondary N) is 1. The van der Waals surface area contributed by atoms with Crippen molar-refractivity contribution < 1.29 is 27.4 Å². The molecule has 0 aromatic heterocycles. The van der Waals surface area contributed by atoms with E-state index in [0.717, 1.165) is 6.07 Å². The van der Waals surface area contributed by atoms with E-state index in [0.29, 0.717) is 6.61 Å². The maximum atomic E-state index is 12.6. The number of carbonyl (C=O) groups is 1. The quantitative estimate of drug-likeness (QED) is 0.807. The van der Waals surface area contributed by atoms with Gasteiger partial charge in [0.1, 0.15) is 5.75 Å². The Morgan fingerprint density at radius 1 is 1.32 bits per heavy atom. The molecule has 106 valence electrons. The molecule has 0 fully saturated rings. The highest BCUT2D eigenvalue weighted by Gasteiger charge is 2.34. The van der Waals surface area contributed by atoms with E-state index in [9.17, 15) is 18.0 Å². The van der Waals surface area contributed by atoms with Crippen LogP contribution in [0.25, 0.3) is 0 Å². The fourth-order valence-electron chi connectivity index (χ4n) is 1.31. The lowest BCUT2D eigenvalue weighted by molar-refractivity contribution is -0.139. The Kier molecular flexibility index (Phi) is 5.62. The summed E-state index contributed by atoms with van der Waals surface area (Å²) >= 11 is 0.